The van der Waals surface area contributed by atoms with Crippen molar-refractivity contribution in [1.29, 1.82) is 0 Å². The molecule has 0 radical (unpaired) electrons. The number of rotatable bonds is 27. The van der Waals surface area contributed by atoms with Gasteiger partial charge in [0.25, 0.3) is 0 Å². The number of hydrogen-bond donors (Lipinski definition) is 3. The number of likely N-dealkylation sites (N-methyl/N-ethyl adjacent to an activating group) is 1. The predicted molar refractivity (Wildman–Crippen MR) is 535 cm³/mol. The Morgan fingerprint density at radius 1 is 0.396 bits per heavy atom. The van der Waals surface area contributed by atoms with Crippen molar-refractivity contribution in [3.63, 3.8) is 0 Å². The van der Waals surface area contributed by atoms with Crippen molar-refractivity contribution in [2.24, 2.45) is 0 Å². The first-order valence-corrected chi connectivity index (χ1v) is 46.4. The first kappa shape index (κ1) is 97.5. The summed E-state index contributed by atoms with van der Waals surface area (Å²) < 4.78 is 92.6. The predicted octanol–water partition coefficient (Wildman–Crippen LogP) is 19.8. The van der Waals surface area contributed by atoms with Crippen LogP contribution >= 0.6 is 0 Å². The van der Waals surface area contributed by atoms with E-state index in [1.54, 1.807) is 114 Å². The van der Waals surface area contributed by atoms with E-state index in [1.807, 2.05) is 164 Å². The SMILES string of the molecule is COc1ccc(N2C(=O)N(c3c(C)cccc3C)Cc3cnc(Nc4cc(C)c(OCCN5CCOCC5)c(C)c4)nc32)c(OC)c1.COc1ccc(N2C(=O)N(c3c(C)cccc3C)Cc3cnc(Nc4cc(N5CCN(C)CC5)cc(C(F)(F)F)c4)nc32)c(OC)c1.COc1ccc(N2C(=O)N(c3c(C)cccc3C)Cc3cnc(Nc4ccc(CCCN5CCOCC5)cc4)nc32)c(OC)c1. The summed E-state index contributed by atoms with van der Waals surface area (Å²) in [4.78, 5) is 90.4. The number of halogens is 3. The topological polar surface area (TPSA) is 280 Å². The van der Waals surface area contributed by atoms with Crippen molar-refractivity contribution in [2.45, 2.75) is 94.0 Å². The number of para-hydroxylation sites is 3. The lowest BCUT2D eigenvalue weighted by molar-refractivity contribution is -0.137. The Labute approximate surface area is 808 Å². The number of methoxy groups -OCH3 is 6. The second-order valence-corrected chi connectivity index (χ2v) is 35.0. The third-order valence-electron chi connectivity index (χ3n) is 25.5. The number of nitrogens with one attached hydrogen (secondary N) is 3. The summed E-state index contributed by atoms with van der Waals surface area (Å²) in [5.41, 5.74) is 17.0. The molecule has 0 spiro atoms. The number of carbonyl (C=O) groups is 3. The molecule has 0 aliphatic carbocycles. The van der Waals surface area contributed by atoms with E-state index >= 15 is 0 Å². The zero-order valence-electron chi connectivity index (χ0n) is 81.2. The van der Waals surface area contributed by atoms with Gasteiger partial charge in [-0.1, -0.05) is 66.7 Å². The molecule has 3 aromatic heterocycles. The lowest BCUT2D eigenvalue weighted by Gasteiger charge is -2.37. The number of urea groups is 3. The Balaban J connectivity index is 0.000000151. The molecule has 0 saturated carbocycles. The maximum atomic E-state index is 14.5. The van der Waals surface area contributed by atoms with Gasteiger partial charge in [0.1, 0.15) is 46.9 Å². The highest BCUT2D eigenvalue weighted by molar-refractivity contribution is 6.14. The number of morpholine rings is 2. The average Bonchev–Trinajstić information content (AvgIpc) is 0.752. The molecule has 6 amide bonds. The Morgan fingerprint density at radius 3 is 1.13 bits per heavy atom. The molecule has 6 aliphatic rings. The van der Waals surface area contributed by atoms with Crippen LogP contribution in [-0.2, 0) is 41.7 Å². The van der Waals surface area contributed by atoms with Gasteiger partial charge in [-0.05, 0) is 211 Å². The van der Waals surface area contributed by atoms with Gasteiger partial charge in [0, 0.05) is 135 Å². The first-order valence-electron chi connectivity index (χ1n) is 46.4. The number of alkyl halides is 3. The van der Waals surface area contributed by atoms with E-state index in [-0.39, 0.29) is 42.1 Å². The van der Waals surface area contributed by atoms with E-state index in [2.05, 4.69) is 57.7 Å². The number of piperazine rings is 1. The van der Waals surface area contributed by atoms with Crippen LogP contribution in [0, 0.1) is 55.4 Å². The van der Waals surface area contributed by atoms with Crippen molar-refractivity contribution in [2.75, 3.05) is 198 Å². The maximum absolute atomic E-state index is 14.5. The summed E-state index contributed by atoms with van der Waals surface area (Å²) in [6, 6.07) is 49.2. The van der Waals surface area contributed by atoms with Crippen molar-refractivity contribution < 1.29 is 70.2 Å². The van der Waals surface area contributed by atoms with Gasteiger partial charge < -0.3 is 68.4 Å². The number of ether oxygens (including phenoxy) is 9. The van der Waals surface area contributed by atoms with Crippen LogP contribution in [0.2, 0.25) is 0 Å². The minimum absolute atomic E-state index is 0.0400. The maximum Gasteiger partial charge on any atom is 0.416 e. The number of benzene rings is 9. The Kier molecular flexibility index (Phi) is 30.4. The molecule has 9 aromatic carbocycles. The quantitative estimate of drug-likeness (QED) is 0.0431. The van der Waals surface area contributed by atoms with Gasteiger partial charge in [-0.2, -0.15) is 28.1 Å². The highest BCUT2D eigenvalue weighted by Crippen LogP contribution is 2.49. The molecular formula is C105H118F3N19O12. The minimum Gasteiger partial charge on any atom is -0.497 e. The fourth-order valence-electron chi connectivity index (χ4n) is 18.3. The number of fused-ring (bicyclic) bond motifs is 3. The van der Waals surface area contributed by atoms with Crippen LogP contribution in [0.5, 0.6) is 40.2 Å². The third kappa shape index (κ3) is 22.0. The molecule has 18 rings (SSSR count). The van der Waals surface area contributed by atoms with Crippen molar-refractivity contribution >= 4 is 110 Å². The fraction of sp³-hybridized carbons (Fsp3) is 0.343. The summed E-state index contributed by atoms with van der Waals surface area (Å²) in [7, 11) is 11.4. The van der Waals surface area contributed by atoms with Crippen LogP contribution in [0.4, 0.5) is 120 Å². The molecule has 0 unspecified atom stereocenters. The van der Waals surface area contributed by atoms with Gasteiger partial charge in [-0.25, -0.2) is 44.0 Å². The van der Waals surface area contributed by atoms with Crippen molar-refractivity contribution in [1.82, 2.24) is 44.6 Å². The number of hydrogen-bond acceptors (Lipinski definition) is 25. The van der Waals surface area contributed by atoms with Gasteiger partial charge in [-0.15, -0.1) is 0 Å². The summed E-state index contributed by atoms with van der Waals surface area (Å²) in [6.45, 7) is 29.2. The Bertz CT molecular complexity index is 6370. The monoisotopic (exact) mass is 1890 g/mol. The molecule has 34 heteroatoms. The number of carbonyl (C=O) groups excluding carboxylic acids is 3. The van der Waals surface area contributed by atoms with E-state index < -0.39 is 11.7 Å². The molecule has 726 valence electrons. The summed E-state index contributed by atoms with van der Waals surface area (Å²) >= 11 is 0. The average molecular weight is 1900 g/mol. The molecule has 31 nitrogen and oxygen atoms in total. The van der Waals surface area contributed by atoms with E-state index in [0.717, 1.165) is 188 Å². The lowest BCUT2D eigenvalue weighted by Crippen LogP contribution is -2.46. The third-order valence-corrected chi connectivity index (χ3v) is 25.5. The molecule has 3 N–H and O–H groups in total. The summed E-state index contributed by atoms with van der Waals surface area (Å²) in [5.74, 6) is 6.08. The first-order chi connectivity index (χ1) is 67.2. The van der Waals surface area contributed by atoms with Crippen LogP contribution in [0.1, 0.15) is 78.7 Å². The number of anilines is 16. The Morgan fingerprint density at radius 2 is 0.763 bits per heavy atom. The zero-order chi connectivity index (χ0) is 97.9. The number of aromatic nitrogens is 6. The molecule has 139 heavy (non-hydrogen) atoms. The van der Waals surface area contributed by atoms with Crippen molar-refractivity contribution in [3.05, 3.63) is 255 Å². The molecule has 3 fully saturated rings. The fourth-order valence-corrected chi connectivity index (χ4v) is 18.3. The molecule has 0 atom stereocenters. The molecule has 6 aliphatic heterocycles. The van der Waals surface area contributed by atoms with Crippen molar-refractivity contribution in [3.8, 4) is 40.2 Å². The van der Waals surface area contributed by atoms with Gasteiger partial charge in [-0.3, -0.25) is 24.5 Å². The normalized spacial score (nSPS) is 15.2. The second kappa shape index (κ2) is 43.4. The second-order valence-electron chi connectivity index (χ2n) is 35.0. The van der Waals surface area contributed by atoms with Crippen LogP contribution < -0.4 is 83.4 Å². The molecule has 0 bridgehead atoms. The molecule has 9 heterocycles. The Hall–Kier alpha value is -14.6. The molecule has 3 saturated heterocycles. The minimum atomic E-state index is -4.55. The number of amides is 6. The van der Waals surface area contributed by atoms with Crippen LogP contribution in [0.3, 0.4) is 0 Å². The smallest absolute Gasteiger partial charge is 0.416 e. The standard InChI is InChI=1S/C36H42N6O5.C35H40N6O4.C34H36F3N7O3/c1-23-8-7-9-24(2)32(23)41-22-27-21-37-35(39-34(27)42(36(41)43)30-11-10-29(44-5)20-31(30)45-6)38-28-18-25(3)33(26(4)19-28)47-17-14-40-12-15-46-16-13-40;1-24-7-5-8-25(2)32(24)40-23-27-22-36-34(37-28-12-10-26(11-13-28)9-6-16-39-17-19-45-20-18-39)38-33(27)41(35(40)42)30-15-14-29(43-3)21-31(30)44-4;1-21-7-6-8-22(2)30(21)43-20-23-19-38-32(40-31(23)44(33(43)45)28-10-9-27(46-4)18-29(28)47-5)39-25-15-24(34(35,36)37)16-26(17-25)42-13-11-41(3)12-14-42/h7-11,18-21H,12-17,22H2,1-6H3,(H,37,38,39);5,7-8,10-15,21-22H,6,9,16-20,23H2,1-4H3,(H,36,37,38);6-10,15-19H,11-14,20H2,1-5H3,(H,38,39,40). The number of aryl methyl sites for hydroxylation is 9. The van der Waals surface area contributed by atoms with E-state index in [4.69, 9.17) is 57.6 Å². The van der Waals surface area contributed by atoms with Gasteiger partial charge in [0.05, 0.1) is 128 Å². The van der Waals surface area contributed by atoms with Gasteiger partial charge in [0.15, 0.2) is 17.5 Å². The molecular weight excluding hydrogens is 1780 g/mol. The summed E-state index contributed by atoms with van der Waals surface area (Å²) in [5, 5.41) is 9.69. The van der Waals surface area contributed by atoms with Crippen LogP contribution in [0.15, 0.2) is 182 Å². The zero-order valence-corrected chi connectivity index (χ0v) is 81.2. The van der Waals surface area contributed by atoms with Crippen LogP contribution in [0.25, 0.3) is 0 Å². The molecule has 12 aromatic rings. The van der Waals surface area contributed by atoms with Gasteiger partial charge in [0.2, 0.25) is 17.8 Å². The lowest BCUT2D eigenvalue weighted by atomic mass is 10.1. The highest BCUT2D eigenvalue weighted by Gasteiger charge is 2.42. The van der Waals surface area contributed by atoms with E-state index in [0.29, 0.717) is 119 Å². The van der Waals surface area contributed by atoms with Gasteiger partial charge >= 0.3 is 24.3 Å². The van der Waals surface area contributed by atoms with E-state index in [1.165, 1.54) is 30.7 Å². The number of nitrogens with zero attached hydrogens (tertiary/aromatic N) is 16. The highest BCUT2D eigenvalue weighted by atomic mass is 19.4. The largest absolute Gasteiger partial charge is 0.497 e. The van der Waals surface area contributed by atoms with Crippen LogP contribution in [-0.4, -0.2) is 211 Å². The van der Waals surface area contributed by atoms with E-state index in [9.17, 15) is 27.6 Å². The summed E-state index contributed by atoms with van der Waals surface area (Å²) in [6.07, 6.45) is 2.74.